The van der Waals surface area contributed by atoms with Gasteiger partial charge in [0.2, 0.25) is 5.91 Å². The molecule has 3 aromatic heterocycles. The highest BCUT2D eigenvalue weighted by molar-refractivity contribution is 7.91. The van der Waals surface area contributed by atoms with Crippen LogP contribution in [0.2, 0.25) is 0 Å². The average molecular weight is 408 g/mol. The first-order valence-corrected chi connectivity index (χ1v) is 10.6. The standard InChI is InChI=1S/C16H16N4O5S2/c21-14(17-16-19-18-15(25-16)12-6-3-9-24-12)11-5-1-2-8-20(11)27(22,23)13-7-4-10-26-13/h3-4,6-7,9-11H,1-2,5,8H2,(H,17,19,21)/t11-/m1/s1. The van der Waals surface area contributed by atoms with E-state index in [0.717, 1.165) is 17.8 Å². The van der Waals surface area contributed by atoms with Crippen molar-refractivity contribution < 1.29 is 22.0 Å². The first kappa shape index (κ1) is 17.9. The number of nitrogens with zero attached hydrogens (tertiary/aromatic N) is 3. The average Bonchev–Trinajstić information content (AvgIpc) is 3.42. The fraction of sp³-hybridized carbons (Fsp3) is 0.312. The van der Waals surface area contributed by atoms with Crippen LogP contribution in [0.4, 0.5) is 6.01 Å². The Bertz CT molecular complexity index is 1010. The van der Waals surface area contributed by atoms with Crippen molar-refractivity contribution >= 4 is 33.3 Å². The van der Waals surface area contributed by atoms with E-state index in [2.05, 4.69) is 15.5 Å². The van der Waals surface area contributed by atoms with E-state index in [0.29, 0.717) is 25.1 Å². The minimum Gasteiger partial charge on any atom is -0.459 e. The fourth-order valence-corrected chi connectivity index (χ4v) is 5.72. The van der Waals surface area contributed by atoms with Crippen molar-refractivity contribution in [3.05, 3.63) is 35.9 Å². The number of aromatic nitrogens is 2. The van der Waals surface area contributed by atoms with Crippen LogP contribution in [0.1, 0.15) is 19.3 Å². The molecule has 9 nitrogen and oxygen atoms in total. The molecule has 1 N–H and O–H groups in total. The van der Waals surface area contributed by atoms with Crippen LogP contribution in [0.25, 0.3) is 11.7 Å². The number of sulfonamides is 1. The molecule has 0 spiro atoms. The van der Waals surface area contributed by atoms with E-state index in [-0.39, 0.29) is 16.1 Å². The van der Waals surface area contributed by atoms with Gasteiger partial charge in [-0.3, -0.25) is 10.1 Å². The summed E-state index contributed by atoms with van der Waals surface area (Å²) in [6.45, 7) is 0.291. The van der Waals surface area contributed by atoms with Crippen molar-refractivity contribution in [1.82, 2.24) is 14.5 Å². The highest BCUT2D eigenvalue weighted by atomic mass is 32.2. The molecule has 27 heavy (non-hydrogen) atoms. The Morgan fingerprint density at radius 1 is 1.26 bits per heavy atom. The normalized spacial score (nSPS) is 18.4. The number of carbonyl (C=O) groups excluding carboxylic acids is 1. The maximum atomic E-state index is 12.9. The number of piperidine rings is 1. The maximum absolute atomic E-state index is 12.9. The van der Waals surface area contributed by atoms with Crippen molar-refractivity contribution in [2.45, 2.75) is 29.5 Å². The van der Waals surface area contributed by atoms with Gasteiger partial charge in [0.15, 0.2) is 5.76 Å². The van der Waals surface area contributed by atoms with E-state index >= 15 is 0 Å². The lowest BCUT2D eigenvalue weighted by Gasteiger charge is -2.32. The summed E-state index contributed by atoms with van der Waals surface area (Å²) in [6.07, 6.45) is 3.36. The van der Waals surface area contributed by atoms with Gasteiger partial charge in [0, 0.05) is 6.54 Å². The van der Waals surface area contributed by atoms with Gasteiger partial charge in [0.1, 0.15) is 10.3 Å². The molecule has 1 atom stereocenters. The van der Waals surface area contributed by atoms with Gasteiger partial charge in [-0.05, 0) is 36.4 Å². The third-order valence-electron chi connectivity index (χ3n) is 4.20. The van der Waals surface area contributed by atoms with Crippen LogP contribution in [-0.4, -0.2) is 41.4 Å². The molecule has 0 aliphatic carbocycles. The van der Waals surface area contributed by atoms with E-state index in [1.807, 2.05) is 0 Å². The number of nitrogens with one attached hydrogen (secondary N) is 1. The molecule has 0 radical (unpaired) electrons. The van der Waals surface area contributed by atoms with Crippen LogP contribution < -0.4 is 5.32 Å². The summed E-state index contributed by atoms with van der Waals surface area (Å²) in [6, 6.07) is 5.60. The topological polar surface area (TPSA) is 119 Å². The largest absolute Gasteiger partial charge is 0.459 e. The molecule has 142 valence electrons. The first-order chi connectivity index (χ1) is 13.1. The van der Waals surface area contributed by atoms with Crippen molar-refractivity contribution in [2.75, 3.05) is 11.9 Å². The van der Waals surface area contributed by atoms with E-state index < -0.39 is 22.0 Å². The lowest BCUT2D eigenvalue weighted by atomic mass is 10.0. The highest BCUT2D eigenvalue weighted by Crippen LogP contribution is 2.28. The second-order valence-corrected chi connectivity index (χ2v) is 9.00. The van der Waals surface area contributed by atoms with Gasteiger partial charge in [-0.15, -0.1) is 16.4 Å². The van der Waals surface area contributed by atoms with Gasteiger partial charge in [-0.1, -0.05) is 17.6 Å². The number of rotatable bonds is 5. The quantitative estimate of drug-likeness (QED) is 0.689. The monoisotopic (exact) mass is 408 g/mol. The summed E-state index contributed by atoms with van der Waals surface area (Å²) in [4.78, 5) is 12.7. The summed E-state index contributed by atoms with van der Waals surface area (Å²) >= 11 is 1.13. The number of hydrogen-bond acceptors (Lipinski definition) is 8. The maximum Gasteiger partial charge on any atom is 0.322 e. The molecule has 1 saturated heterocycles. The van der Waals surface area contributed by atoms with Crippen LogP contribution in [0.5, 0.6) is 0 Å². The van der Waals surface area contributed by atoms with E-state index in [9.17, 15) is 13.2 Å². The summed E-state index contributed by atoms with van der Waals surface area (Å²) < 4.78 is 37.7. The molecule has 1 aliphatic heterocycles. The lowest BCUT2D eigenvalue weighted by molar-refractivity contribution is -0.120. The minimum atomic E-state index is -3.73. The van der Waals surface area contributed by atoms with Gasteiger partial charge < -0.3 is 8.83 Å². The molecule has 11 heteroatoms. The zero-order chi connectivity index (χ0) is 18.9. The highest BCUT2D eigenvalue weighted by Gasteiger charge is 2.38. The summed E-state index contributed by atoms with van der Waals surface area (Å²) in [5, 5.41) is 11.8. The van der Waals surface area contributed by atoms with Crippen LogP contribution >= 0.6 is 11.3 Å². The van der Waals surface area contributed by atoms with Crippen LogP contribution in [0, 0.1) is 0 Å². The third kappa shape index (κ3) is 3.53. The Labute approximate surface area is 159 Å². The summed E-state index contributed by atoms with van der Waals surface area (Å²) in [5.74, 6) is 0.00838. The van der Waals surface area contributed by atoms with Crippen molar-refractivity contribution in [2.24, 2.45) is 0 Å². The second kappa shape index (κ2) is 7.25. The van der Waals surface area contributed by atoms with Crippen LogP contribution in [0.15, 0.2) is 49.0 Å². The molecule has 0 saturated carbocycles. The first-order valence-electron chi connectivity index (χ1n) is 8.29. The van der Waals surface area contributed by atoms with Gasteiger partial charge in [-0.25, -0.2) is 8.42 Å². The molecule has 1 fully saturated rings. The summed E-state index contributed by atoms with van der Waals surface area (Å²) in [5.41, 5.74) is 0. The third-order valence-corrected chi connectivity index (χ3v) is 7.48. The molecule has 4 heterocycles. The molecular weight excluding hydrogens is 392 g/mol. The van der Waals surface area contributed by atoms with Gasteiger partial charge >= 0.3 is 6.01 Å². The van der Waals surface area contributed by atoms with Gasteiger partial charge in [0.25, 0.3) is 15.9 Å². The predicted molar refractivity (Wildman–Crippen MR) is 96.5 cm³/mol. The van der Waals surface area contributed by atoms with Crippen molar-refractivity contribution in [1.29, 1.82) is 0 Å². The van der Waals surface area contributed by atoms with E-state index in [1.54, 1.807) is 23.6 Å². The number of furan rings is 1. The minimum absolute atomic E-state index is 0.106. The molecule has 4 rings (SSSR count). The number of carbonyl (C=O) groups is 1. The summed E-state index contributed by atoms with van der Waals surface area (Å²) in [7, 11) is -3.73. The predicted octanol–water partition coefficient (Wildman–Crippen LogP) is 2.57. The molecule has 0 aromatic carbocycles. The Hall–Kier alpha value is -2.50. The van der Waals surface area contributed by atoms with Gasteiger partial charge in [-0.2, -0.15) is 4.31 Å². The molecule has 1 amide bonds. The van der Waals surface area contributed by atoms with Crippen LogP contribution in [0.3, 0.4) is 0 Å². The number of amides is 1. The van der Waals surface area contributed by atoms with Crippen molar-refractivity contribution in [3.63, 3.8) is 0 Å². The van der Waals surface area contributed by atoms with E-state index in [4.69, 9.17) is 8.83 Å². The Morgan fingerprint density at radius 3 is 2.89 bits per heavy atom. The molecule has 0 bridgehead atoms. The Morgan fingerprint density at radius 2 is 2.15 bits per heavy atom. The number of hydrogen-bond donors (Lipinski definition) is 1. The Balaban J connectivity index is 1.53. The fourth-order valence-electron chi connectivity index (χ4n) is 2.94. The van der Waals surface area contributed by atoms with Crippen molar-refractivity contribution in [3.8, 4) is 11.7 Å². The zero-order valence-corrected chi connectivity index (χ0v) is 15.7. The molecular formula is C16H16N4O5S2. The molecule has 3 aromatic rings. The lowest BCUT2D eigenvalue weighted by Crippen LogP contribution is -2.49. The smallest absolute Gasteiger partial charge is 0.322 e. The van der Waals surface area contributed by atoms with Crippen LogP contribution in [-0.2, 0) is 14.8 Å². The van der Waals surface area contributed by atoms with E-state index in [1.165, 1.54) is 16.6 Å². The molecule has 1 aliphatic rings. The second-order valence-electron chi connectivity index (χ2n) is 5.94. The number of anilines is 1. The van der Waals surface area contributed by atoms with Gasteiger partial charge in [0.05, 0.1) is 6.26 Å². The zero-order valence-electron chi connectivity index (χ0n) is 14.1. The Kier molecular flexibility index (Phi) is 4.81. The SMILES string of the molecule is O=C(Nc1nnc(-c2ccco2)o1)[C@H]1CCCCN1S(=O)(=O)c1cccs1. The number of thiophene rings is 1. The molecule has 0 unspecified atom stereocenters.